The minimum absolute atomic E-state index is 0.175. The van der Waals surface area contributed by atoms with Gasteiger partial charge in [0.2, 0.25) is 0 Å². The number of esters is 1. The normalized spacial score (nSPS) is 10.7. The molecular weight excluding hydrogens is 507 g/mol. The smallest absolute Gasteiger partial charge is 0.345 e. The summed E-state index contributed by atoms with van der Waals surface area (Å²) in [7, 11) is 1.44. The molecule has 3 aromatic carbocycles. The van der Waals surface area contributed by atoms with Gasteiger partial charge in [-0.15, -0.1) is 0 Å². The van der Waals surface area contributed by atoms with Crippen LogP contribution in [0.15, 0.2) is 70.2 Å². The molecule has 0 aliphatic carbocycles. The van der Waals surface area contributed by atoms with Crippen molar-refractivity contribution in [2.24, 2.45) is 5.10 Å². The zero-order valence-electron chi connectivity index (χ0n) is 16.1. The predicted molar refractivity (Wildman–Crippen MR) is 124 cm³/mol. The summed E-state index contributed by atoms with van der Waals surface area (Å²) < 4.78 is 11.5. The fraction of sp³-hybridized carbons (Fsp3) is 0.0455. The Bertz CT molecular complexity index is 1170. The number of carbonyl (C=O) groups is 2. The molecule has 1 amide bonds. The highest BCUT2D eigenvalue weighted by molar-refractivity contribution is 9.10. The summed E-state index contributed by atoms with van der Waals surface area (Å²) in [5.74, 6) is -0.493. The summed E-state index contributed by atoms with van der Waals surface area (Å²) in [5, 5.41) is 4.54. The van der Waals surface area contributed by atoms with Crippen LogP contribution >= 0.6 is 39.1 Å². The van der Waals surface area contributed by atoms with E-state index in [1.165, 1.54) is 25.5 Å². The van der Waals surface area contributed by atoms with Crippen molar-refractivity contribution in [3.8, 4) is 11.5 Å². The first-order valence-corrected chi connectivity index (χ1v) is 10.4. The Morgan fingerprint density at radius 1 is 1.03 bits per heavy atom. The standard InChI is InChI=1S/C22H15BrCl2N2O4/c1-30-20-9-13(12-26-27-21(28)14-3-2-4-15(23)10-14)5-8-19(20)31-22(29)17-7-6-16(24)11-18(17)25/h2-12H,1H3,(H,27,28)/b26-12-. The monoisotopic (exact) mass is 520 g/mol. The second kappa shape index (κ2) is 10.4. The molecule has 3 rings (SSSR count). The Kier molecular flexibility index (Phi) is 7.68. The largest absolute Gasteiger partial charge is 0.493 e. The van der Waals surface area contributed by atoms with E-state index in [-0.39, 0.29) is 22.2 Å². The fourth-order valence-corrected chi connectivity index (χ4v) is 3.40. The lowest BCUT2D eigenvalue weighted by Crippen LogP contribution is -2.17. The van der Waals surface area contributed by atoms with Gasteiger partial charge in [-0.2, -0.15) is 5.10 Å². The Morgan fingerprint density at radius 3 is 2.55 bits per heavy atom. The molecule has 0 unspecified atom stereocenters. The van der Waals surface area contributed by atoms with Gasteiger partial charge in [0.05, 0.1) is 23.9 Å². The van der Waals surface area contributed by atoms with Crippen molar-refractivity contribution in [2.45, 2.75) is 0 Å². The number of nitrogens with zero attached hydrogens (tertiary/aromatic N) is 1. The van der Waals surface area contributed by atoms with Gasteiger partial charge >= 0.3 is 5.97 Å². The molecule has 0 aliphatic heterocycles. The highest BCUT2D eigenvalue weighted by atomic mass is 79.9. The van der Waals surface area contributed by atoms with Gasteiger partial charge in [0.25, 0.3) is 5.91 Å². The third kappa shape index (κ3) is 6.07. The van der Waals surface area contributed by atoms with Gasteiger partial charge in [0.15, 0.2) is 11.5 Å². The molecule has 0 fully saturated rings. The Balaban J connectivity index is 1.70. The first kappa shape index (κ1) is 22.8. The van der Waals surface area contributed by atoms with Crippen LogP contribution in [0.25, 0.3) is 0 Å². The lowest BCUT2D eigenvalue weighted by atomic mass is 10.2. The number of halogens is 3. The first-order valence-electron chi connectivity index (χ1n) is 8.81. The van der Waals surface area contributed by atoms with Gasteiger partial charge in [-0.3, -0.25) is 4.79 Å². The molecule has 0 aliphatic rings. The number of ether oxygens (including phenoxy) is 2. The van der Waals surface area contributed by atoms with Crippen LogP contribution in [0.3, 0.4) is 0 Å². The van der Waals surface area contributed by atoms with Crippen LogP contribution in [-0.4, -0.2) is 25.2 Å². The van der Waals surface area contributed by atoms with E-state index < -0.39 is 5.97 Å². The topological polar surface area (TPSA) is 77.0 Å². The van der Waals surface area contributed by atoms with E-state index in [0.717, 1.165) is 4.47 Å². The number of hydrazone groups is 1. The number of nitrogens with one attached hydrogen (secondary N) is 1. The van der Waals surface area contributed by atoms with Crippen LogP contribution in [0.5, 0.6) is 11.5 Å². The molecule has 0 spiro atoms. The van der Waals surface area contributed by atoms with Gasteiger partial charge in [0.1, 0.15) is 0 Å². The third-order valence-electron chi connectivity index (χ3n) is 4.01. The van der Waals surface area contributed by atoms with Crippen molar-refractivity contribution in [1.82, 2.24) is 5.43 Å². The van der Waals surface area contributed by atoms with E-state index in [9.17, 15) is 9.59 Å². The molecule has 0 saturated carbocycles. The Morgan fingerprint density at radius 2 is 1.84 bits per heavy atom. The van der Waals surface area contributed by atoms with Gasteiger partial charge < -0.3 is 9.47 Å². The van der Waals surface area contributed by atoms with Gasteiger partial charge in [-0.1, -0.05) is 45.2 Å². The van der Waals surface area contributed by atoms with Crippen molar-refractivity contribution in [2.75, 3.05) is 7.11 Å². The maximum absolute atomic E-state index is 12.4. The molecule has 0 radical (unpaired) electrons. The first-order chi connectivity index (χ1) is 14.9. The quantitative estimate of drug-likeness (QED) is 0.194. The second-order valence-electron chi connectivity index (χ2n) is 6.13. The lowest BCUT2D eigenvalue weighted by molar-refractivity contribution is 0.0729. The molecule has 31 heavy (non-hydrogen) atoms. The summed E-state index contributed by atoms with van der Waals surface area (Å²) in [4.78, 5) is 24.5. The Labute approximate surface area is 196 Å². The van der Waals surface area contributed by atoms with E-state index in [2.05, 4.69) is 26.5 Å². The summed E-state index contributed by atoms with van der Waals surface area (Å²) >= 11 is 15.2. The van der Waals surface area contributed by atoms with E-state index >= 15 is 0 Å². The zero-order valence-corrected chi connectivity index (χ0v) is 19.2. The average molecular weight is 522 g/mol. The summed E-state index contributed by atoms with van der Waals surface area (Å²) in [6.45, 7) is 0. The summed E-state index contributed by atoms with van der Waals surface area (Å²) in [6, 6.07) is 16.2. The maximum atomic E-state index is 12.4. The average Bonchev–Trinajstić information content (AvgIpc) is 2.74. The highest BCUT2D eigenvalue weighted by Gasteiger charge is 2.16. The van der Waals surface area contributed by atoms with Crippen LogP contribution in [0.2, 0.25) is 10.0 Å². The number of hydrogen-bond donors (Lipinski definition) is 1. The predicted octanol–water partition coefficient (Wildman–Crippen LogP) is 5.75. The number of rotatable bonds is 6. The number of carbonyl (C=O) groups excluding carboxylic acids is 2. The van der Waals surface area contributed by atoms with Crippen molar-refractivity contribution in [3.63, 3.8) is 0 Å². The molecule has 0 aromatic heterocycles. The van der Waals surface area contributed by atoms with Crippen LogP contribution in [0.4, 0.5) is 0 Å². The molecule has 0 heterocycles. The van der Waals surface area contributed by atoms with Crippen molar-refractivity contribution in [1.29, 1.82) is 0 Å². The van der Waals surface area contributed by atoms with Crippen molar-refractivity contribution < 1.29 is 19.1 Å². The van der Waals surface area contributed by atoms with Crippen LogP contribution in [0, 0.1) is 0 Å². The van der Waals surface area contributed by atoms with E-state index in [1.807, 2.05) is 6.07 Å². The molecule has 9 heteroatoms. The molecular formula is C22H15BrCl2N2O4. The maximum Gasteiger partial charge on any atom is 0.345 e. The number of methoxy groups -OCH3 is 1. The van der Waals surface area contributed by atoms with E-state index in [1.54, 1.807) is 42.5 Å². The summed E-state index contributed by atoms with van der Waals surface area (Å²) in [5.41, 5.74) is 3.71. The van der Waals surface area contributed by atoms with E-state index in [4.69, 9.17) is 32.7 Å². The lowest BCUT2D eigenvalue weighted by Gasteiger charge is -2.10. The van der Waals surface area contributed by atoms with Gasteiger partial charge in [-0.05, 0) is 60.2 Å². The zero-order chi connectivity index (χ0) is 22.4. The fourth-order valence-electron chi connectivity index (χ4n) is 2.52. The molecule has 0 atom stereocenters. The van der Waals surface area contributed by atoms with Gasteiger partial charge in [0, 0.05) is 15.1 Å². The molecule has 0 saturated heterocycles. The molecule has 0 bridgehead atoms. The van der Waals surface area contributed by atoms with E-state index in [0.29, 0.717) is 21.9 Å². The van der Waals surface area contributed by atoms with Crippen LogP contribution in [-0.2, 0) is 0 Å². The Hall–Kier alpha value is -2.87. The minimum atomic E-state index is -0.650. The number of amides is 1. The molecule has 3 aromatic rings. The SMILES string of the molecule is COc1cc(/C=N\NC(=O)c2cccc(Br)c2)ccc1OC(=O)c1ccc(Cl)cc1Cl. The number of hydrogen-bond acceptors (Lipinski definition) is 5. The van der Waals surface area contributed by atoms with Crippen LogP contribution in [0.1, 0.15) is 26.3 Å². The van der Waals surface area contributed by atoms with Crippen molar-refractivity contribution in [3.05, 3.63) is 91.9 Å². The summed E-state index contributed by atoms with van der Waals surface area (Å²) in [6.07, 6.45) is 1.44. The van der Waals surface area contributed by atoms with Crippen molar-refractivity contribution >= 4 is 57.2 Å². The van der Waals surface area contributed by atoms with Crippen LogP contribution < -0.4 is 14.9 Å². The molecule has 1 N–H and O–H groups in total. The molecule has 158 valence electrons. The number of benzene rings is 3. The highest BCUT2D eigenvalue weighted by Crippen LogP contribution is 2.30. The minimum Gasteiger partial charge on any atom is -0.493 e. The van der Waals surface area contributed by atoms with Gasteiger partial charge in [-0.25, -0.2) is 10.2 Å². The second-order valence-corrected chi connectivity index (χ2v) is 7.89. The molecule has 6 nitrogen and oxygen atoms in total. The third-order valence-corrected chi connectivity index (χ3v) is 5.05.